The number of nitro groups is 1. The van der Waals surface area contributed by atoms with Crippen molar-refractivity contribution in [1.29, 1.82) is 5.26 Å². The molecule has 6 nitrogen and oxygen atoms in total. The molecule has 0 fully saturated rings. The minimum Gasteiger partial charge on any atom is -0.506 e. The number of aliphatic hydroxyl groups excluding tert-OH is 1. The Balaban J connectivity index is 3.55. The molecule has 134 valence electrons. The van der Waals surface area contributed by atoms with Crippen molar-refractivity contribution in [2.24, 2.45) is 5.41 Å². The van der Waals surface area contributed by atoms with E-state index in [0.717, 1.165) is 12.1 Å². The highest BCUT2D eigenvalue weighted by molar-refractivity contribution is 8.00. The van der Waals surface area contributed by atoms with Crippen molar-refractivity contribution in [2.45, 2.75) is 31.2 Å². The van der Waals surface area contributed by atoms with Gasteiger partial charge in [-0.2, -0.15) is 18.4 Å². The van der Waals surface area contributed by atoms with E-state index in [1.165, 1.54) is 26.8 Å². The number of hydrogen-bond donors (Lipinski definition) is 1. The van der Waals surface area contributed by atoms with E-state index in [1.807, 2.05) is 0 Å². The topological polar surface area (TPSA) is 104 Å². The molecule has 0 radical (unpaired) electrons. The van der Waals surface area contributed by atoms with Crippen molar-refractivity contribution in [3.8, 4) is 6.07 Å². The van der Waals surface area contributed by atoms with E-state index in [9.17, 15) is 33.2 Å². The van der Waals surface area contributed by atoms with Gasteiger partial charge in [-0.1, -0.05) is 20.8 Å². The predicted octanol–water partition coefficient (Wildman–Crippen LogP) is 4.61. The molecule has 25 heavy (non-hydrogen) atoms. The summed E-state index contributed by atoms with van der Waals surface area (Å²) in [5.41, 5.74) is -7.74. The van der Waals surface area contributed by atoms with Crippen LogP contribution in [0.3, 0.4) is 0 Å². The molecule has 0 aliphatic heterocycles. The smallest absolute Gasteiger partial charge is 0.446 e. The van der Waals surface area contributed by atoms with E-state index >= 15 is 0 Å². The van der Waals surface area contributed by atoms with E-state index in [1.54, 1.807) is 0 Å². The summed E-state index contributed by atoms with van der Waals surface area (Å²) in [6.45, 7) is 4.45. The number of alkyl halides is 3. The van der Waals surface area contributed by atoms with Crippen LogP contribution >= 0.6 is 11.8 Å². The van der Waals surface area contributed by atoms with Crippen LogP contribution in [-0.2, 0) is 4.79 Å². The Kier molecular flexibility index (Phi) is 5.86. The van der Waals surface area contributed by atoms with Crippen LogP contribution in [0.1, 0.15) is 26.3 Å². The van der Waals surface area contributed by atoms with Gasteiger partial charge in [0.15, 0.2) is 11.5 Å². The lowest BCUT2D eigenvalue weighted by atomic mass is 9.85. The summed E-state index contributed by atoms with van der Waals surface area (Å²) < 4.78 is 37.2. The summed E-state index contributed by atoms with van der Waals surface area (Å²) in [7, 11) is 0. The second kappa shape index (κ2) is 7.14. The van der Waals surface area contributed by atoms with E-state index in [0.29, 0.717) is 6.07 Å². The first kappa shape index (κ1) is 20.5. The summed E-state index contributed by atoms with van der Waals surface area (Å²) >= 11 is -0.557. The predicted molar refractivity (Wildman–Crippen MR) is 84.6 cm³/mol. The number of Topliss-reactive ketones (excluding diaryl/α,β-unsaturated/α-hetero) is 1. The van der Waals surface area contributed by atoms with Gasteiger partial charge >= 0.3 is 5.51 Å². The Labute approximate surface area is 145 Å². The maximum Gasteiger partial charge on any atom is 0.446 e. The SMILES string of the molecule is CC(C)(C)C(=O)/C(C#N)=C(\O)c1ccc(SC(F)(F)F)cc1[N+](=O)[O-]. The molecule has 1 aromatic carbocycles. The molecule has 0 atom stereocenters. The van der Waals surface area contributed by atoms with Gasteiger partial charge < -0.3 is 5.11 Å². The number of halogens is 3. The molecule has 0 aromatic heterocycles. The highest BCUT2D eigenvalue weighted by Crippen LogP contribution is 2.40. The molecule has 0 unspecified atom stereocenters. The average Bonchev–Trinajstić information content (AvgIpc) is 2.44. The number of nitro benzene ring substituents is 1. The lowest BCUT2D eigenvalue weighted by molar-refractivity contribution is -0.385. The molecular formula is C15H13F3N2O4S. The summed E-state index contributed by atoms with van der Waals surface area (Å²) in [6.07, 6.45) is 0. The largest absolute Gasteiger partial charge is 0.506 e. The lowest BCUT2D eigenvalue weighted by Crippen LogP contribution is -2.22. The van der Waals surface area contributed by atoms with Crippen LogP contribution in [0.2, 0.25) is 0 Å². The van der Waals surface area contributed by atoms with Gasteiger partial charge in [0.05, 0.1) is 10.5 Å². The number of nitrogens with zero attached hydrogens (tertiary/aromatic N) is 2. The fraction of sp³-hybridized carbons (Fsp3) is 0.333. The first-order chi connectivity index (χ1) is 11.3. The molecule has 0 bridgehead atoms. The fourth-order valence-electron chi connectivity index (χ4n) is 1.78. The first-order valence-corrected chi connectivity index (χ1v) is 7.52. The second-order valence-corrected chi connectivity index (χ2v) is 7.04. The van der Waals surface area contributed by atoms with Crippen molar-refractivity contribution in [3.63, 3.8) is 0 Å². The zero-order valence-corrected chi connectivity index (χ0v) is 14.2. The normalized spacial score (nSPS) is 13.0. The highest BCUT2D eigenvalue weighted by Gasteiger charge is 2.33. The zero-order chi connectivity index (χ0) is 19.6. The highest BCUT2D eigenvalue weighted by atomic mass is 32.2. The minimum atomic E-state index is -4.65. The molecule has 0 heterocycles. The number of nitriles is 1. The van der Waals surface area contributed by atoms with Crippen LogP contribution in [0.15, 0.2) is 28.7 Å². The van der Waals surface area contributed by atoms with Gasteiger partial charge in [-0.05, 0) is 23.9 Å². The molecule has 0 saturated heterocycles. The molecule has 1 rings (SSSR count). The molecule has 0 saturated carbocycles. The van der Waals surface area contributed by atoms with Crippen LogP contribution in [0.5, 0.6) is 0 Å². The number of carbonyl (C=O) groups excluding carboxylic acids is 1. The number of benzene rings is 1. The van der Waals surface area contributed by atoms with Gasteiger partial charge in [-0.25, -0.2) is 0 Å². The van der Waals surface area contributed by atoms with Crippen molar-refractivity contribution in [2.75, 3.05) is 0 Å². The fourth-order valence-corrected chi connectivity index (χ4v) is 2.35. The van der Waals surface area contributed by atoms with Gasteiger partial charge in [-0.3, -0.25) is 14.9 Å². The number of aliphatic hydroxyl groups is 1. The Morgan fingerprint density at radius 3 is 2.28 bits per heavy atom. The number of hydrogen-bond acceptors (Lipinski definition) is 6. The third-order valence-corrected chi connectivity index (χ3v) is 3.63. The molecule has 1 N–H and O–H groups in total. The van der Waals surface area contributed by atoms with Gasteiger partial charge in [0.2, 0.25) is 0 Å². The molecule has 0 amide bonds. The Morgan fingerprint density at radius 2 is 1.88 bits per heavy atom. The van der Waals surface area contributed by atoms with Crippen LogP contribution in [0.25, 0.3) is 5.76 Å². The average molecular weight is 374 g/mol. The molecule has 0 aliphatic carbocycles. The lowest BCUT2D eigenvalue weighted by Gasteiger charge is -2.16. The molecule has 0 spiro atoms. The van der Waals surface area contributed by atoms with E-state index in [2.05, 4.69) is 0 Å². The number of allylic oxidation sites excluding steroid dienone is 1. The third-order valence-electron chi connectivity index (χ3n) is 2.91. The van der Waals surface area contributed by atoms with Crippen molar-refractivity contribution < 1.29 is 28.0 Å². The van der Waals surface area contributed by atoms with Crippen molar-refractivity contribution >= 4 is 29.0 Å². The first-order valence-electron chi connectivity index (χ1n) is 6.70. The maximum absolute atomic E-state index is 12.4. The third kappa shape index (κ3) is 5.22. The Hall–Kier alpha value is -2.54. The molecule has 0 aliphatic rings. The minimum absolute atomic E-state index is 0.462. The van der Waals surface area contributed by atoms with Gasteiger partial charge in [0.25, 0.3) is 5.69 Å². The summed E-state index contributed by atoms with van der Waals surface area (Å²) in [5, 5.41) is 30.4. The van der Waals surface area contributed by atoms with Gasteiger partial charge in [-0.15, -0.1) is 0 Å². The quantitative estimate of drug-likeness (QED) is 0.206. The standard InChI is InChI=1S/C15H13F3N2O4S/c1-14(2,3)13(22)10(7-19)12(21)9-5-4-8(25-15(16,17)18)6-11(9)20(23)24/h4-6,21H,1-3H3/b12-10-. The molecule has 10 heteroatoms. The summed E-state index contributed by atoms with van der Waals surface area (Å²) in [6, 6.07) is 3.90. The number of ketones is 1. The van der Waals surface area contributed by atoms with E-state index in [4.69, 9.17) is 5.26 Å². The second-order valence-electron chi connectivity index (χ2n) is 5.90. The number of thioether (sulfide) groups is 1. The number of carbonyl (C=O) groups is 1. The zero-order valence-electron chi connectivity index (χ0n) is 13.3. The van der Waals surface area contributed by atoms with Crippen molar-refractivity contribution in [1.82, 2.24) is 0 Å². The molecule has 1 aromatic rings. The van der Waals surface area contributed by atoms with Crippen LogP contribution < -0.4 is 0 Å². The van der Waals surface area contributed by atoms with Crippen molar-refractivity contribution in [3.05, 3.63) is 39.4 Å². The Bertz CT molecular complexity index is 789. The van der Waals surface area contributed by atoms with Gasteiger partial charge in [0.1, 0.15) is 11.6 Å². The van der Waals surface area contributed by atoms with Crippen LogP contribution in [0, 0.1) is 26.9 Å². The van der Waals surface area contributed by atoms with E-state index in [-0.39, 0.29) is 0 Å². The number of rotatable bonds is 4. The Morgan fingerprint density at radius 1 is 1.32 bits per heavy atom. The summed E-state index contributed by atoms with van der Waals surface area (Å²) in [4.78, 5) is 21.9. The van der Waals surface area contributed by atoms with Gasteiger partial charge in [0, 0.05) is 16.4 Å². The monoisotopic (exact) mass is 374 g/mol. The van der Waals surface area contributed by atoms with Crippen LogP contribution in [-0.4, -0.2) is 21.3 Å². The maximum atomic E-state index is 12.4. The van der Waals surface area contributed by atoms with E-state index < -0.39 is 60.9 Å². The van der Waals surface area contributed by atoms with Crippen LogP contribution in [0.4, 0.5) is 18.9 Å². The molecular weight excluding hydrogens is 361 g/mol. The summed E-state index contributed by atoms with van der Waals surface area (Å²) in [5.74, 6) is -1.70.